The molecule has 0 saturated carbocycles. The number of cyclic esters (lactones) is 1. The smallest absolute Gasteiger partial charge is 0.340 e. The molecule has 2 atom stereocenters. The molecule has 0 spiro atoms. The number of ether oxygens (including phenoxy) is 2. The summed E-state index contributed by atoms with van der Waals surface area (Å²) in [5.41, 5.74) is 1.66. The van der Waals surface area contributed by atoms with Gasteiger partial charge in [0, 0.05) is 17.7 Å². The number of anilines is 1. The second-order valence-corrected chi connectivity index (χ2v) is 7.42. The number of hydrogen-bond acceptors (Lipinski definition) is 5. The van der Waals surface area contributed by atoms with Crippen LogP contribution in [0.25, 0.3) is 0 Å². The Labute approximate surface area is 175 Å². The number of likely N-dealkylation sites (tertiary alicyclic amines) is 1. The van der Waals surface area contributed by atoms with Crippen LogP contribution in [0.2, 0.25) is 0 Å². The average molecular weight is 408 g/mol. The third-order valence-electron chi connectivity index (χ3n) is 5.36. The Morgan fingerprint density at radius 3 is 2.70 bits per heavy atom. The zero-order valence-corrected chi connectivity index (χ0v) is 16.8. The summed E-state index contributed by atoms with van der Waals surface area (Å²) in [7, 11) is 0. The van der Waals surface area contributed by atoms with E-state index in [1.54, 1.807) is 48.5 Å². The van der Waals surface area contributed by atoms with Crippen LogP contribution in [0.4, 0.5) is 5.69 Å². The first-order valence-corrected chi connectivity index (χ1v) is 10.2. The van der Waals surface area contributed by atoms with Crippen molar-refractivity contribution in [1.29, 1.82) is 0 Å². The Morgan fingerprint density at radius 2 is 1.93 bits per heavy atom. The summed E-state index contributed by atoms with van der Waals surface area (Å²) < 4.78 is 11.1. The van der Waals surface area contributed by atoms with Gasteiger partial charge in [0.15, 0.2) is 0 Å². The van der Waals surface area contributed by atoms with Gasteiger partial charge < -0.3 is 14.8 Å². The van der Waals surface area contributed by atoms with Gasteiger partial charge in [0.1, 0.15) is 11.8 Å². The minimum Gasteiger partial charge on any atom is -0.494 e. The van der Waals surface area contributed by atoms with Crippen LogP contribution in [0.5, 0.6) is 5.75 Å². The lowest BCUT2D eigenvalue weighted by Crippen LogP contribution is -2.43. The van der Waals surface area contributed by atoms with Gasteiger partial charge in [-0.1, -0.05) is 31.5 Å². The predicted molar refractivity (Wildman–Crippen MR) is 110 cm³/mol. The van der Waals surface area contributed by atoms with Crippen LogP contribution in [0.3, 0.4) is 0 Å². The third-order valence-corrected chi connectivity index (χ3v) is 5.36. The number of rotatable bonds is 7. The van der Waals surface area contributed by atoms with Gasteiger partial charge in [-0.25, -0.2) is 4.79 Å². The Morgan fingerprint density at radius 1 is 1.17 bits per heavy atom. The van der Waals surface area contributed by atoms with Crippen LogP contribution in [0, 0.1) is 0 Å². The summed E-state index contributed by atoms with van der Waals surface area (Å²) in [6, 6.07) is 13.4. The molecular formula is C23H24N2O5. The lowest BCUT2D eigenvalue weighted by Gasteiger charge is -2.29. The molecule has 0 aliphatic carbocycles. The van der Waals surface area contributed by atoms with Crippen LogP contribution in [-0.2, 0) is 14.3 Å². The van der Waals surface area contributed by atoms with E-state index in [2.05, 4.69) is 12.2 Å². The van der Waals surface area contributed by atoms with Crippen molar-refractivity contribution in [3.8, 4) is 5.75 Å². The maximum atomic E-state index is 12.9. The summed E-state index contributed by atoms with van der Waals surface area (Å²) in [6.45, 7) is 2.76. The van der Waals surface area contributed by atoms with E-state index in [0.717, 1.165) is 18.6 Å². The Balaban J connectivity index is 1.46. The maximum absolute atomic E-state index is 12.9. The zero-order chi connectivity index (χ0) is 21.1. The average Bonchev–Trinajstić information content (AvgIpc) is 3.29. The molecule has 1 fully saturated rings. The highest BCUT2D eigenvalue weighted by Gasteiger charge is 2.46. The number of carbonyl (C=O) groups excluding carboxylic acids is 3. The van der Waals surface area contributed by atoms with E-state index in [1.807, 2.05) is 0 Å². The molecular weight excluding hydrogens is 384 g/mol. The summed E-state index contributed by atoms with van der Waals surface area (Å²) in [5, 5.41) is 2.86. The lowest BCUT2D eigenvalue weighted by molar-refractivity contribution is -0.144. The maximum Gasteiger partial charge on any atom is 0.340 e. The fraction of sp³-hybridized carbons (Fsp3) is 0.348. The van der Waals surface area contributed by atoms with Gasteiger partial charge in [0.05, 0.1) is 12.2 Å². The molecule has 0 radical (unpaired) electrons. The van der Waals surface area contributed by atoms with Crippen molar-refractivity contribution in [3.63, 3.8) is 0 Å². The Hall–Kier alpha value is -3.35. The predicted octanol–water partition coefficient (Wildman–Crippen LogP) is 3.66. The summed E-state index contributed by atoms with van der Waals surface area (Å²) >= 11 is 0. The number of carbonyl (C=O) groups is 3. The van der Waals surface area contributed by atoms with Crippen LogP contribution >= 0.6 is 0 Å². The first-order chi connectivity index (χ1) is 14.6. The second-order valence-electron chi connectivity index (χ2n) is 7.42. The van der Waals surface area contributed by atoms with Crippen molar-refractivity contribution in [2.24, 2.45) is 0 Å². The van der Waals surface area contributed by atoms with E-state index in [0.29, 0.717) is 29.8 Å². The summed E-state index contributed by atoms with van der Waals surface area (Å²) in [5.74, 6) is -0.244. The molecule has 2 aromatic rings. The highest BCUT2D eigenvalue weighted by molar-refractivity contribution is 6.00. The third kappa shape index (κ3) is 3.87. The van der Waals surface area contributed by atoms with Gasteiger partial charge in [-0.15, -0.1) is 0 Å². The van der Waals surface area contributed by atoms with E-state index in [1.165, 1.54) is 4.90 Å². The Kier molecular flexibility index (Phi) is 5.70. The van der Waals surface area contributed by atoms with Crippen molar-refractivity contribution in [1.82, 2.24) is 4.90 Å². The summed E-state index contributed by atoms with van der Waals surface area (Å²) in [4.78, 5) is 39.0. The molecule has 2 heterocycles. The number of esters is 1. The molecule has 2 amide bonds. The minimum absolute atomic E-state index is 0.204. The van der Waals surface area contributed by atoms with Crippen molar-refractivity contribution in [3.05, 3.63) is 59.7 Å². The highest BCUT2D eigenvalue weighted by atomic mass is 16.6. The SMILES string of the molecule is CCCCOc1ccc(NC(=O)[C@H]2CCC(=O)N2[C@H]2OC(=O)c3ccccc32)cc1. The van der Waals surface area contributed by atoms with Gasteiger partial charge in [-0.2, -0.15) is 0 Å². The first-order valence-electron chi connectivity index (χ1n) is 10.2. The van der Waals surface area contributed by atoms with Crippen LogP contribution < -0.4 is 10.1 Å². The standard InChI is InChI=1S/C23H24N2O5/c1-2-3-14-29-16-10-8-15(9-11-16)24-21(27)19-12-13-20(26)25(19)22-17-6-4-5-7-18(17)23(28)30-22/h4-11,19,22H,2-3,12-14H2,1H3,(H,24,27)/t19-,22+/m1/s1. The van der Waals surface area contributed by atoms with Crippen LogP contribution in [0.1, 0.15) is 54.8 Å². The quantitative estimate of drug-likeness (QED) is 0.558. The molecule has 1 saturated heterocycles. The minimum atomic E-state index is -0.867. The van der Waals surface area contributed by atoms with E-state index in [-0.39, 0.29) is 18.2 Å². The normalized spacial score (nSPS) is 20.1. The topological polar surface area (TPSA) is 84.9 Å². The van der Waals surface area contributed by atoms with Gasteiger partial charge >= 0.3 is 5.97 Å². The molecule has 0 unspecified atom stereocenters. The van der Waals surface area contributed by atoms with Crippen molar-refractivity contribution < 1.29 is 23.9 Å². The van der Waals surface area contributed by atoms with E-state index >= 15 is 0 Å². The van der Waals surface area contributed by atoms with Gasteiger partial charge in [0.25, 0.3) is 0 Å². The lowest BCUT2D eigenvalue weighted by atomic mass is 10.1. The number of fused-ring (bicyclic) bond motifs is 1. The van der Waals surface area contributed by atoms with Crippen LogP contribution in [0.15, 0.2) is 48.5 Å². The molecule has 30 heavy (non-hydrogen) atoms. The molecule has 2 aliphatic heterocycles. The summed E-state index contributed by atoms with van der Waals surface area (Å²) in [6.07, 6.45) is 1.79. The molecule has 4 rings (SSSR count). The molecule has 2 aromatic carbocycles. The van der Waals surface area contributed by atoms with Crippen molar-refractivity contribution >= 4 is 23.5 Å². The fourth-order valence-corrected chi connectivity index (χ4v) is 3.78. The van der Waals surface area contributed by atoms with Gasteiger partial charge in [-0.05, 0) is 43.2 Å². The van der Waals surface area contributed by atoms with Crippen molar-refractivity contribution in [2.75, 3.05) is 11.9 Å². The first kappa shape index (κ1) is 19.9. The molecule has 2 aliphatic rings. The number of unbranched alkanes of at least 4 members (excludes halogenated alkanes) is 1. The van der Waals surface area contributed by atoms with Crippen LogP contribution in [-0.4, -0.2) is 35.3 Å². The highest BCUT2D eigenvalue weighted by Crippen LogP contribution is 2.38. The molecule has 7 nitrogen and oxygen atoms in total. The van der Waals surface area contributed by atoms with Gasteiger partial charge in [-0.3, -0.25) is 14.5 Å². The molecule has 1 N–H and O–H groups in total. The molecule has 0 bridgehead atoms. The van der Waals surface area contributed by atoms with Crippen molar-refractivity contribution in [2.45, 2.75) is 44.9 Å². The molecule has 0 aromatic heterocycles. The number of nitrogens with zero attached hydrogens (tertiary/aromatic N) is 1. The fourth-order valence-electron chi connectivity index (χ4n) is 3.78. The van der Waals surface area contributed by atoms with E-state index in [9.17, 15) is 14.4 Å². The monoisotopic (exact) mass is 408 g/mol. The Bertz CT molecular complexity index is 956. The number of nitrogens with one attached hydrogen (secondary N) is 1. The number of hydrogen-bond donors (Lipinski definition) is 1. The zero-order valence-electron chi connectivity index (χ0n) is 16.8. The van der Waals surface area contributed by atoms with Gasteiger partial charge in [0.2, 0.25) is 18.0 Å². The molecule has 156 valence electrons. The second kappa shape index (κ2) is 8.57. The van der Waals surface area contributed by atoms with E-state index < -0.39 is 18.2 Å². The number of benzene rings is 2. The largest absolute Gasteiger partial charge is 0.494 e. The number of amides is 2. The van der Waals surface area contributed by atoms with E-state index in [4.69, 9.17) is 9.47 Å². The molecule has 7 heteroatoms.